The summed E-state index contributed by atoms with van der Waals surface area (Å²) in [6, 6.07) is 7.92. The summed E-state index contributed by atoms with van der Waals surface area (Å²) in [5, 5.41) is 14.4. The molecule has 8 nitrogen and oxygen atoms in total. The van der Waals surface area contributed by atoms with Gasteiger partial charge in [-0.25, -0.2) is 4.68 Å². The second kappa shape index (κ2) is 9.84. The summed E-state index contributed by atoms with van der Waals surface area (Å²) in [6.45, 7) is 3.29. The molecule has 0 spiro atoms. The molecule has 156 valence electrons. The number of halogens is 1. The van der Waals surface area contributed by atoms with Crippen LogP contribution < -0.4 is 10.6 Å². The van der Waals surface area contributed by atoms with Crippen LogP contribution in [0.5, 0.6) is 0 Å². The molecule has 2 aliphatic rings. The smallest absolute Gasteiger partial charge is 0.277 e. The van der Waals surface area contributed by atoms with Crippen LogP contribution in [0.4, 0.5) is 5.69 Å². The quantitative estimate of drug-likeness (QED) is 0.777. The summed E-state index contributed by atoms with van der Waals surface area (Å²) in [7, 11) is 0. The van der Waals surface area contributed by atoms with Gasteiger partial charge in [0.05, 0.1) is 12.2 Å². The minimum atomic E-state index is -0.272. The van der Waals surface area contributed by atoms with Crippen molar-refractivity contribution >= 4 is 29.9 Å². The van der Waals surface area contributed by atoms with Gasteiger partial charge >= 0.3 is 0 Å². The maximum absolute atomic E-state index is 12.6. The third kappa shape index (κ3) is 5.33. The van der Waals surface area contributed by atoms with E-state index in [0.717, 1.165) is 50.9 Å². The molecular formula is C20H27ClN6O2. The van der Waals surface area contributed by atoms with E-state index < -0.39 is 0 Å². The largest absolute Gasteiger partial charge is 0.338 e. The van der Waals surface area contributed by atoms with E-state index in [9.17, 15) is 9.59 Å². The van der Waals surface area contributed by atoms with E-state index in [1.807, 2.05) is 29.2 Å². The van der Waals surface area contributed by atoms with Crippen molar-refractivity contribution in [2.24, 2.45) is 0 Å². The van der Waals surface area contributed by atoms with E-state index in [2.05, 4.69) is 20.9 Å². The normalized spacial score (nSPS) is 17.7. The summed E-state index contributed by atoms with van der Waals surface area (Å²) in [4.78, 5) is 26.5. The summed E-state index contributed by atoms with van der Waals surface area (Å²) in [5.74, 6) is -0.0680. The molecule has 0 unspecified atom stereocenters. The molecule has 1 aromatic heterocycles. The second-order valence-electron chi connectivity index (χ2n) is 7.49. The first-order valence-corrected chi connectivity index (χ1v) is 10.00. The highest BCUT2D eigenvalue weighted by molar-refractivity contribution is 6.02. The maximum atomic E-state index is 12.6. The molecule has 0 saturated carbocycles. The summed E-state index contributed by atoms with van der Waals surface area (Å²) >= 11 is 0. The molecule has 2 saturated heterocycles. The number of likely N-dealkylation sites (tertiary alicyclic amines) is 1. The Morgan fingerprint density at radius 2 is 2.07 bits per heavy atom. The number of hydrogen-bond acceptors (Lipinski definition) is 5. The Balaban J connectivity index is 0.00000240. The Morgan fingerprint density at radius 1 is 1.24 bits per heavy atom. The average molecular weight is 419 g/mol. The number of benzene rings is 1. The monoisotopic (exact) mass is 418 g/mol. The standard InChI is InChI=1S/C20H26N6O2.ClH/c27-19-6-1-2-11-25(19)13-15-4-3-5-16(12-15)22-20(28)18-14-26(24-23-18)17-7-9-21-10-8-17;/h3-5,12,14,17,21H,1-2,6-11,13H2,(H,22,28);1H. The van der Waals surface area contributed by atoms with Crippen molar-refractivity contribution < 1.29 is 9.59 Å². The Labute approximate surface area is 176 Å². The lowest BCUT2D eigenvalue weighted by Gasteiger charge is -2.26. The van der Waals surface area contributed by atoms with Crippen LogP contribution in [-0.2, 0) is 11.3 Å². The Morgan fingerprint density at radius 3 is 2.86 bits per heavy atom. The molecule has 2 fully saturated rings. The van der Waals surface area contributed by atoms with Crippen molar-refractivity contribution in [1.82, 2.24) is 25.2 Å². The lowest BCUT2D eigenvalue weighted by molar-refractivity contribution is -0.133. The van der Waals surface area contributed by atoms with Crippen LogP contribution in [0, 0.1) is 0 Å². The number of piperidine rings is 2. The van der Waals surface area contributed by atoms with Crippen LogP contribution in [0.25, 0.3) is 0 Å². The first-order valence-electron chi connectivity index (χ1n) is 10.00. The fraction of sp³-hybridized carbons (Fsp3) is 0.500. The Bertz CT molecular complexity index is 849. The van der Waals surface area contributed by atoms with Crippen LogP contribution in [0.3, 0.4) is 0 Å². The zero-order valence-corrected chi connectivity index (χ0v) is 17.2. The molecule has 0 atom stereocenters. The fourth-order valence-corrected chi connectivity index (χ4v) is 3.82. The van der Waals surface area contributed by atoms with Gasteiger partial charge in [-0.2, -0.15) is 0 Å². The highest BCUT2D eigenvalue weighted by Crippen LogP contribution is 2.19. The van der Waals surface area contributed by atoms with Crippen molar-refractivity contribution in [3.63, 3.8) is 0 Å². The van der Waals surface area contributed by atoms with Gasteiger partial charge in [-0.15, -0.1) is 17.5 Å². The SMILES string of the molecule is Cl.O=C(Nc1cccc(CN2CCCCC2=O)c1)c1cn(C2CCNCC2)nn1. The molecule has 0 aliphatic carbocycles. The molecular weight excluding hydrogens is 392 g/mol. The maximum Gasteiger partial charge on any atom is 0.277 e. The molecule has 0 radical (unpaired) electrons. The molecule has 9 heteroatoms. The number of nitrogens with zero attached hydrogens (tertiary/aromatic N) is 4. The summed E-state index contributed by atoms with van der Waals surface area (Å²) in [5.41, 5.74) is 2.02. The number of anilines is 1. The summed E-state index contributed by atoms with van der Waals surface area (Å²) < 4.78 is 1.80. The predicted octanol–water partition coefficient (Wildman–Crippen LogP) is 2.39. The number of aromatic nitrogens is 3. The third-order valence-electron chi connectivity index (χ3n) is 5.41. The molecule has 4 rings (SSSR count). The fourth-order valence-electron chi connectivity index (χ4n) is 3.82. The van der Waals surface area contributed by atoms with Crippen molar-refractivity contribution in [2.75, 3.05) is 25.0 Å². The van der Waals surface area contributed by atoms with E-state index in [1.54, 1.807) is 10.9 Å². The first-order chi connectivity index (χ1) is 13.7. The lowest BCUT2D eigenvalue weighted by Crippen LogP contribution is -2.34. The van der Waals surface area contributed by atoms with Gasteiger partial charge in [0.1, 0.15) is 0 Å². The molecule has 2 N–H and O–H groups in total. The molecule has 1 aromatic carbocycles. The van der Waals surface area contributed by atoms with Gasteiger partial charge in [0, 0.05) is 25.2 Å². The molecule has 2 amide bonds. The topological polar surface area (TPSA) is 92.2 Å². The number of hydrogen-bond donors (Lipinski definition) is 2. The van der Waals surface area contributed by atoms with Gasteiger partial charge in [0.15, 0.2) is 5.69 Å². The van der Waals surface area contributed by atoms with Crippen molar-refractivity contribution in [2.45, 2.75) is 44.7 Å². The van der Waals surface area contributed by atoms with Crippen LogP contribution in [0.15, 0.2) is 30.5 Å². The number of carbonyl (C=O) groups excluding carboxylic acids is 2. The van der Waals surface area contributed by atoms with E-state index in [1.165, 1.54) is 0 Å². The number of nitrogens with one attached hydrogen (secondary N) is 2. The zero-order chi connectivity index (χ0) is 19.3. The van der Waals surface area contributed by atoms with Crippen LogP contribution in [0.2, 0.25) is 0 Å². The van der Waals surface area contributed by atoms with Crippen LogP contribution in [0.1, 0.15) is 54.2 Å². The number of carbonyl (C=O) groups is 2. The van der Waals surface area contributed by atoms with E-state index >= 15 is 0 Å². The van der Waals surface area contributed by atoms with Gasteiger partial charge < -0.3 is 15.5 Å². The van der Waals surface area contributed by atoms with Crippen LogP contribution >= 0.6 is 12.4 Å². The number of rotatable bonds is 5. The average Bonchev–Trinajstić information content (AvgIpc) is 3.21. The van der Waals surface area contributed by atoms with Crippen molar-refractivity contribution in [1.29, 1.82) is 0 Å². The zero-order valence-electron chi connectivity index (χ0n) is 16.3. The Hall–Kier alpha value is -2.45. The molecule has 2 aliphatic heterocycles. The van der Waals surface area contributed by atoms with E-state index in [-0.39, 0.29) is 24.2 Å². The van der Waals surface area contributed by atoms with Gasteiger partial charge in [0.2, 0.25) is 5.91 Å². The molecule has 0 bridgehead atoms. The van der Waals surface area contributed by atoms with Crippen LogP contribution in [-0.4, -0.2) is 51.3 Å². The van der Waals surface area contributed by atoms with Gasteiger partial charge in [-0.1, -0.05) is 17.3 Å². The Kier molecular flexibility index (Phi) is 7.22. The van der Waals surface area contributed by atoms with Gasteiger partial charge in [-0.3, -0.25) is 9.59 Å². The molecule has 2 aromatic rings. The highest BCUT2D eigenvalue weighted by atomic mass is 35.5. The van der Waals surface area contributed by atoms with E-state index in [4.69, 9.17) is 0 Å². The minimum absolute atomic E-state index is 0. The molecule has 29 heavy (non-hydrogen) atoms. The van der Waals surface area contributed by atoms with Gasteiger partial charge in [0.25, 0.3) is 5.91 Å². The van der Waals surface area contributed by atoms with E-state index in [0.29, 0.717) is 30.4 Å². The second-order valence-corrected chi connectivity index (χ2v) is 7.49. The van der Waals surface area contributed by atoms with Crippen molar-refractivity contribution in [3.05, 3.63) is 41.7 Å². The first kappa shape index (κ1) is 21.3. The summed E-state index contributed by atoms with van der Waals surface area (Å²) in [6.07, 6.45) is 6.35. The van der Waals surface area contributed by atoms with Crippen molar-refractivity contribution in [3.8, 4) is 0 Å². The lowest BCUT2D eigenvalue weighted by atomic mass is 10.1. The molecule has 3 heterocycles. The number of amides is 2. The minimum Gasteiger partial charge on any atom is -0.338 e. The predicted molar refractivity (Wildman–Crippen MR) is 112 cm³/mol. The highest BCUT2D eigenvalue weighted by Gasteiger charge is 2.20. The van der Waals surface area contributed by atoms with Gasteiger partial charge in [-0.05, 0) is 56.5 Å². The third-order valence-corrected chi connectivity index (χ3v) is 5.41.